The summed E-state index contributed by atoms with van der Waals surface area (Å²) >= 11 is 0. The Morgan fingerprint density at radius 2 is 2.18 bits per heavy atom. The van der Waals surface area contributed by atoms with E-state index in [-0.39, 0.29) is 6.42 Å². The first-order chi connectivity index (χ1) is 8.22. The SMILES string of the molecule is [N-]=[N+]=N[C@H](C/C=C/c1ccccc1)CC(=O)O. The average Bonchev–Trinajstić information content (AvgIpc) is 2.30. The number of aliphatic carboxylic acids is 1. The standard InChI is InChI=1S/C12H13N3O2/c13-15-14-11(9-12(16)17)8-4-7-10-5-2-1-3-6-10/h1-7,11H,8-9H2,(H,16,17)/b7-4+/t11-/m1/s1. The van der Waals surface area contributed by atoms with Crippen LogP contribution in [0.15, 0.2) is 41.5 Å². The fourth-order valence-electron chi connectivity index (χ4n) is 1.37. The number of hydrogen-bond acceptors (Lipinski definition) is 2. The predicted octanol–water partition coefficient (Wildman–Crippen LogP) is 3.24. The van der Waals surface area contributed by atoms with Gasteiger partial charge in [0.15, 0.2) is 0 Å². The van der Waals surface area contributed by atoms with Crippen LogP contribution >= 0.6 is 0 Å². The summed E-state index contributed by atoms with van der Waals surface area (Å²) in [6, 6.07) is 9.11. The topological polar surface area (TPSA) is 86.1 Å². The Hall–Kier alpha value is -2.26. The van der Waals surface area contributed by atoms with Crippen molar-refractivity contribution in [2.24, 2.45) is 5.11 Å². The molecule has 0 unspecified atom stereocenters. The molecule has 0 aliphatic rings. The summed E-state index contributed by atoms with van der Waals surface area (Å²) < 4.78 is 0. The molecule has 1 aromatic carbocycles. The van der Waals surface area contributed by atoms with E-state index in [1.54, 1.807) is 0 Å². The maximum Gasteiger partial charge on any atom is 0.303 e. The van der Waals surface area contributed by atoms with Crippen LogP contribution in [0, 0.1) is 0 Å². The lowest BCUT2D eigenvalue weighted by atomic mass is 10.1. The summed E-state index contributed by atoms with van der Waals surface area (Å²) in [7, 11) is 0. The summed E-state index contributed by atoms with van der Waals surface area (Å²) in [5.41, 5.74) is 9.34. The Kier molecular flexibility index (Phi) is 5.34. The van der Waals surface area contributed by atoms with E-state index in [1.165, 1.54) is 0 Å². The third-order valence-corrected chi connectivity index (χ3v) is 2.14. The van der Waals surface area contributed by atoms with Crippen molar-refractivity contribution in [3.8, 4) is 0 Å². The van der Waals surface area contributed by atoms with E-state index < -0.39 is 12.0 Å². The van der Waals surface area contributed by atoms with Gasteiger partial charge in [-0.25, -0.2) is 0 Å². The third kappa shape index (κ3) is 5.39. The number of nitrogens with zero attached hydrogens (tertiary/aromatic N) is 3. The molecule has 0 bridgehead atoms. The molecule has 88 valence electrons. The summed E-state index contributed by atoms with van der Waals surface area (Å²) in [6.07, 6.45) is 3.97. The van der Waals surface area contributed by atoms with Crippen LogP contribution < -0.4 is 0 Å². The van der Waals surface area contributed by atoms with Crippen molar-refractivity contribution < 1.29 is 9.90 Å². The summed E-state index contributed by atoms with van der Waals surface area (Å²) in [5.74, 6) is -0.962. The first-order valence-electron chi connectivity index (χ1n) is 5.20. The van der Waals surface area contributed by atoms with Crippen molar-refractivity contribution in [1.29, 1.82) is 0 Å². The van der Waals surface area contributed by atoms with Crippen LogP contribution in [0.2, 0.25) is 0 Å². The number of rotatable bonds is 6. The van der Waals surface area contributed by atoms with E-state index in [2.05, 4.69) is 10.0 Å². The number of carboxylic acid groups (broad SMARTS) is 1. The first kappa shape index (κ1) is 12.8. The van der Waals surface area contributed by atoms with Gasteiger partial charge in [-0.1, -0.05) is 47.6 Å². The molecule has 5 heteroatoms. The van der Waals surface area contributed by atoms with E-state index in [4.69, 9.17) is 10.6 Å². The molecule has 1 atom stereocenters. The second kappa shape index (κ2) is 7.09. The van der Waals surface area contributed by atoms with Crippen LogP contribution in [0.3, 0.4) is 0 Å². The molecule has 1 N–H and O–H groups in total. The second-order valence-electron chi connectivity index (χ2n) is 3.51. The highest BCUT2D eigenvalue weighted by Gasteiger charge is 2.08. The monoisotopic (exact) mass is 231 g/mol. The molecule has 0 heterocycles. The second-order valence-corrected chi connectivity index (χ2v) is 3.51. The highest BCUT2D eigenvalue weighted by Crippen LogP contribution is 2.08. The molecule has 1 aromatic rings. The van der Waals surface area contributed by atoms with Crippen molar-refractivity contribution in [2.45, 2.75) is 18.9 Å². The minimum atomic E-state index is -0.962. The molecular formula is C12H13N3O2. The van der Waals surface area contributed by atoms with Gasteiger partial charge < -0.3 is 5.11 Å². The molecular weight excluding hydrogens is 218 g/mol. The molecule has 5 nitrogen and oxygen atoms in total. The summed E-state index contributed by atoms with van der Waals surface area (Å²) in [5, 5.41) is 12.1. The molecule has 0 saturated carbocycles. The lowest BCUT2D eigenvalue weighted by Gasteiger charge is -2.03. The Morgan fingerprint density at radius 1 is 1.47 bits per heavy atom. The predicted molar refractivity (Wildman–Crippen MR) is 65.3 cm³/mol. The third-order valence-electron chi connectivity index (χ3n) is 2.14. The highest BCUT2D eigenvalue weighted by atomic mass is 16.4. The summed E-state index contributed by atoms with van der Waals surface area (Å²) in [6.45, 7) is 0. The van der Waals surface area contributed by atoms with E-state index in [9.17, 15) is 4.79 Å². The van der Waals surface area contributed by atoms with Gasteiger partial charge in [-0.3, -0.25) is 4.79 Å². The molecule has 0 amide bonds. The Labute approximate surface area is 99.0 Å². The van der Waals surface area contributed by atoms with Crippen molar-refractivity contribution in [3.05, 3.63) is 52.4 Å². The van der Waals surface area contributed by atoms with E-state index >= 15 is 0 Å². The van der Waals surface area contributed by atoms with Gasteiger partial charge >= 0.3 is 5.97 Å². The smallest absolute Gasteiger partial charge is 0.303 e. The maximum atomic E-state index is 10.5. The number of benzene rings is 1. The zero-order valence-electron chi connectivity index (χ0n) is 9.23. The number of hydrogen-bond donors (Lipinski definition) is 1. The molecule has 0 aromatic heterocycles. The Bertz CT molecular complexity index is 436. The molecule has 0 spiro atoms. The fourth-order valence-corrected chi connectivity index (χ4v) is 1.37. The minimum absolute atomic E-state index is 0.150. The van der Waals surface area contributed by atoms with Crippen LogP contribution in [-0.4, -0.2) is 17.1 Å². The Balaban J connectivity index is 2.54. The van der Waals surface area contributed by atoms with Gasteiger partial charge in [-0.15, -0.1) is 0 Å². The largest absolute Gasteiger partial charge is 0.481 e. The molecule has 0 aliphatic carbocycles. The van der Waals surface area contributed by atoms with Gasteiger partial charge in [-0.2, -0.15) is 0 Å². The van der Waals surface area contributed by atoms with Crippen LogP contribution in [-0.2, 0) is 4.79 Å². The summed E-state index contributed by atoms with van der Waals surface area (Å²) in [4.78, 5) is 13.2. The molecule has 0 radical (unpaired) electrons. The van der Waals surface area contributed by atoms with E-state index in [0.29, 0.717) is 6.42 Å². The van der Waals surface area contributed by atoms with Crippen LogP contribution in [0.25, 0.3) is 16.5 Å². The van der Waals surface area contributed by atoms with Gasteiger partial charge in [-0.05, 0) is 17.5 Å². The van der Waals surface area contributed by atoms with Crippen LogP contribution in [0.4, 0.5) is 0 Å². The zero-order chi connectivity index (χ0) is 12.5. The molecule has 0 saturated heterocycles. The van der Waals surface area contributed by atoms with Gasteiger partial charge in [0.2, 0.25) is 0 Å². The van der Waals surface area contributed by atoms with Gasteiger partial charge in [0.05, 0.1) is 12.5 Å². The Morgan fingerprint density at radius 3 is 2.76 bits per heavy atom. The number of carboxylic acids is 1. The number of carbonyl (C=O) groups is 1. The van der Waals surface area contributed by atoms with E-state index in [1.807, 2.05) is 42.5 Å². The number of azide groups is 1. The first-order valence-corrected chi connectivity index (χ1v) is 5.20. The molecule has 0 aliphatic heterocycles. The maximum absolute atomic E-state index is 10.5. The van der Waals surface area contributed by atoms with Gasteiger partial charge in [0.1, 0.15) is 0 Å². The van der Waals surface area contributed by atoms with Crippen molar-refractivity contribution in [2.75, 3.05) is 0 Å². The van der Waals surface area contributed by atoms with E-state index in [0.717, 1.165) is 5.56 Å². The zero-order valence-corrected chi connectivity index (χ0v) is 9.23. The molecule has 17 heavy (non-hydrogen) atoms. The minimum Gasteiger partial charge on any atom is -0.481 e. The highest BCUT2D eigenvalue weighted by molar-refractivity contribution is 5.67. The van der Waals surface area contributed by atoms with Crippen LogP contribution in [0.5, 0.6) is 0 Å². The van der Waals surface area contributed by atoms with Gasteiger partial charge in [0, 0.05) is 4.91 Å². The molecule has 1 rings (SSSR count). The lowest BCUT2D eigenvalue weighted by Crippen LogP contribution is -2.09. The van der Waals surface area contributed by atoms with Gasteiger partial charge in [0.25, 0.3) is 0 Å². The quantitative estimate of drug-likeness (QED) is 0.463. The van der Waals surface area contributed by atoms with Crippen LogP contribution in [0.1, 0.15) is 18.4 Å². The van der Waals surface area contributed by atoms with Crippen molar-refractivity contribution in [3.63, 3.8) is 0 Å². The lowest BCUT2D eigenvalue weighted by molar-refractivity contribution is -0.137. The molecule has 0 fully saturated rings. The normalized spacial score (nSPS) is 12.0. The van der Waals surface area contributed by atoms with Crippen molar-refractivity contribution in [1.82, 2.24) is 0 Å². The average molecular weight is 231 g/mol. The fraction of sp³-hybridized carbons (Fsp3) is 0.250. The van der Waals surface area contributed by atoms with Crippen molar-refractivity contribution >= 4 is 12.0 Å².